The molecule has 2 amide bonds. The number of rotatable bonds is 5. The van der Waals surface area contributed by atoms with E-state index in [1.807, 2.05) is 11.0 Å². The van der Waals surface area contributed by atoms with Crippen molar-refractivity contribution in [3.05, 3.63) is 45.4 Å². The van der Waals surface area contributed by atoms with Gasteiger partial charge in [-0.15, -0.1) is 0 Å². The summed E-state index contributed by atoms with van der Waals surface area (Å²) in [4.78, 5) is 29.0. The summed E-state index contributed by atoms with van der Waals surface area (Å²) in [6.07, 6.45) is 5.46. The van der Waals surface area contributed by atoms with Gasteiger partial charge in [0, 0.05) is 28.1 Å². The lowest BCUT2D eigenvalue weighted by Crippen LogP contribution is -2.49. The zero-order valence-corrected chi connectivity index (χ0v) is 18.4. The summed E-state index contributed by atoms with van der Waals surface area (Å²) in [5.41, 5.74) is 1.19. The Kier molecular flexibility index (Phi) is 6.98. The number of hydrogen-bond donors (Lipinski definition) is 0. The predicted molar refractivity (Wildman–Crippen MR) is 112 cm³/mol. The molecule has 0 spiro atoms. The monoisotopic (exact) mass is 498 g/mol. The van der Waals surface area contributed by atoms with Crippen LogP contribution in [0.1, 0.15) is 31.2 Å². The van der Waals surface area contributed by atoms with Crippen LogP contribution in [0.4, 0.5) is 4.79 Å². The second-order valence-electron chi connectivity index (χ2n) is 7.03. The molecule has 2 aliphatic heterocycles. The van der Waals surface area contributed by atoms with Crippen LogP contribution in [-0.4, -0.2) is 53.6 Å². The van der Waals surface area contributed by atoms with E-state index in [0.29, 0.717) is 13.0 Å². The molecule has 0 aliphatic carbocycles. The third-order valence-corrected chi connectivity index (χ3v) is 6.07. The van der Waals surface area contributed by atoms with Gasteiger partial charge in [0.2, 0.25) is 5.91 Å². The van der Waals surface area contributed by atoms with E-state index < -0.39 is 12.1 Å². The molecule has 0 radical (unpaired) electrons. The van der Waals surface area contributed by atoms with Crippen LogP contribution in [0.3, 0.4) is 0 Å². The number of carbonyl (C=O) groups excluding carboxylic acids is 2. The summed E-state index contributed by atoms with van der Waals surface area (Å²) < 4.78 is 7.20. The Balaban J connectivity index is 1.69. The minimum atomic E-state index is -0.419. The van der Waals surface area contributed by atoms with Crippen LogP contribution in [0, 0.1) is 0 Å². The fraction of sp³-hybridized carbons (Fsp3) is 0.500. The van der Waals surface area contributed by atoms with E-state index in [1.165, 1.54) is 11.6 Å². The lowest BCUT2D eigenvalue weighted by Gasteiger charge is -2.31. The number of likely N-dealkylation sites (tertiary alicyclic amines) is 2. The quantitative estimate of drug-likeness (QED) is 0.559. The summed E-state index contributed by atoms with van der Waals surface area (Å²) in [6.45, 7) is 5.06. The number of halogens is 2. The van der Waals surface area contributed by atoms with Crippen LogP contribution >= 0.6 is 31.9 Å². The highest BCUT2D eigenvalue weighted by molar-refractivity contribution is 9.11. The molecule has 0 N–H and O–H groups in total. The van der Waals surface area contributed by atoms with E-state index in [-0.39, 0.29) is 18.6 Å². The predicted octanol–water partition coefficient (Wildman–Crippen LogP) is 4.53. The van der Waals surface area contributed by atoms with Gasteiger partial charge in [-0.05, 0) is 55.9 Å². The van der Waals surface area contributed by atoms with Gasteiger partial charge in [0.05, 0.1) is 0 Å². The smallest absolute Gasteiger partial charge is 0.410 e. The summed E-state index contributed by atoms with van der Waals surface area (Å²) in [7, 11) is 0. The number of amides is 2. The molecule has 0 saturated carbocycles. The molecule has 0 bridgehead atoms. The zero-order valence-electron chi connectivity index (χ0n) is 15.2. The normalized spacial score (nSPS) is 22.1. The molecule has 2 atom stereocenters. The zero-order chi connectivity index (χ0) is 19.4. The van der Waals surface area contributed by atoms with E-state index in [2.05, 4.69) is 50.6 Å². The minimum Gasteiger partial charge on any atom is -0.445 e. The Bertz CT molecular complexity index is 705. The van der Waals surface area contributed by atoms with E-state index in [1.54, 1.807) is 4.90 Å². The van der Waals surface area contributed by atoms with E-state index in [4.69, 9.17) is 4.74 Å². The first-order valence-electron chi connectivity index (χ1n) is 9.29. The Labute approximate surface area is 177 Å². The van der Waals surface area contributed by atoms with Gasteiger partial charge in [0.15, 0.2) is 0 Å². The highest BCUT2D eigenvalue weighted by Gasteiger charge is 2.40. The Morgan fingerprint density at radius 2 is 1.78 bits per heavy atom. The fourth-order valence-electron chi connectivity index (χ4n) is 3.99. The van der Waals surface area contributed by atoms with Crippen molar-refractivity contribution in [1.29, 1.82) is 0 Å². The van der Waals surface area contributed by atoms with Gasteiger partial charge in [-0.3, -0.25) is 9.69 Å². The lowest BCUT2D eigenvalue weighted by atomic mass is 10.0. The lowest BCUT2D eigenvalue weighted by molar-refractivity contribution is -0.136. The average Bonchev–Trinajstić information content (AvgIpc) is 3.27. The maximum Gasteiger partial charge on any atom is 0.410 e. The van der Waals surface area contributed by atoms with Gasteiger partial charge in [-0.2, -0.15) is 0 Å². The van der Waals surface area contributed by atoms with Crippen molar-refractivity contribution in [2.45, 2.75) is 44.2 Å². The Morgan fingerprint density at radius 1 is 1.11 bits per heavy atom. The Hall–Kier alpha value is -1.34. The molecule has 2 saturated heterocycles. The summed E-state index contributed by atoms with van der Waals surface area (Å²) >= 11 is 7.06. The minimum absolute atomic E-state index is 0.0552. The number of hydrogen-bond acceptors (Lipinski definition) is 3. The SMILES string of the molecule is C=CCOC(=O)N1CCC[C@H]1C(=O)N1CCC[C@@H]1Cc1cc(Br)cc(Br)c1. The maximum atomic E-state index is 13.2. The Morgan fingerprint density at radius 3 is 2.48 bits per heavy atom. The standard InChI is InChI=1S/C20H24Br2N2O3/c1-2-9-27-20(26)24-8-4-6-18(24)19(25)23-7-3-5-17(23)12-14-10-15(21)13-16(22)11-14/h2,10-11,13,17-18H,1,3-9,12H2/t17-,18+/m1/s1. The van der Waals surface area contributed by atoms with E-state index in [9.17, 15) is 9.59 Å². The van der Waals surface area contributed by atoms with Crippen LogP contribution < -0.4 is 0 Å². The summed E-state index contributed by atoms with van der Waals surface area (Å²) in [6, 6.07) is 5.97. The van der Waals surface area contributed by atoms with Crippen molar-refractivity contribution in [2.75, 3.05) is 19.7 Å². The third kappa shape index (κ3) is 4.93. The molecular formula is C20H24Br2N2O3. The van der Waals surface area contributed by atoms with Crippen LogP contribution in [0.2, 0.25) is 0 Å². The van der Waals surface area contributed by atoms with Crippen molar-refractivity contribution >= 4 is 43.9 Å². The van der Waals surface area contributed by atoms with Crippen molar-refractivity contribution < 1.29 is 14.3 Å². The molecule has 146 valence electrons. The van der Waals surface area contributed by atoms with Crippen molar-refractivity contribution in [3.63, 3.8) is 0 Å². The van der Waals surface area contributed by atoms with Gasteiger partial charge in [-0.25, -0.2) is 4.79 Å². The number of carbonyl (C=O) groups is 2. The van der Waals surface area contributed by atoms with Crippen LogP contribution in [0.15, 0.2) is 39.8 Å². The van der Waals surface area contributed by atoms with Gasteiger partial charge in [0.1, 0.15) is 12.6 Å². The molecular weight excluding hydrogens is 476 g/mol. The molecule has 0 aromatic heterocycles. The number of ether oxygens (including phenoxy) is 1. The van der Waals surface area contributed by atoms with Gasteiger partial charge < -0.3 is 9.64 Å². The molecule has 27 heavy (non-hydrogen) atoms. The van der Waals surface area contributed by atoms with Crippen LogP contribution in [-0.2, 0) is 16.0 Å². The third-order valence-electron chi connectivity index (χ3n) is 5.15. The second-order valence-corrected chi connectivity index (χ2v) is 8.86. The maximum absolute atomic E-state index is 13.2. The van der Waals surface area contributed by atoms with E-state index in [0.717, 1.165) is 41.2 Å². The molecule has 2 heterocycles. The molecule has 5 nitrogen and oxygen atoms in total. The first kappa shape index (κ1) is 20.4. The van der Waals surface area contributed by atoms with Crippen molar-refractivity contribution in [2.24, 2.45) is 0 Å². The summed E-state index contributed by atoms with van der Waals surface area (Å²) in [5, 5.41) is 0. The molecule has 2 fully saturated rings. The summed E-state index contributed by atoms with van der Waals surface area (Å²) in [5.74, 6) is 0.0552. The van der Waals surface area contributed by atoms with E-state index >= 15 is 0 Å². The first-order chi connectivity index (χ1) is 13.0. The van der Waals surface area contributed by atoms with Crippen molar-refractivity contribution in [3.8, 4) is 0 Å². The van der Waals surface area contributed by atoms with Gasteiger partial charge >= 0.3 is 6.09 Å². The molecule has 3 rings (SSSR count). The first-order valence-corrected chi connectivity index (χ1v) is 10.9. The van der Waals surface area contributed by atoms with Gasteiger partial charge in [-0.1, -0.05) is 44.5 Å². The number of benzene rings is 1. The largest absolute Gasteiger partial charge is 0.445 e. The highest BCUT2D eigenvalue weighted by Crippen LogP contribution is 2.28. The topological polar surface area (TPSA) is 49.9 Å². The second kappa shape index (κ2) is 9.24. The van der Waals surface area contributed by atoms with Crippen LogP contribution in [0.25, 0.3) is 0 Å². The molecule has 1 aromatic carbocycles. The van der Waals surface area contributed by atoms with Crippen molar-refractivity contribution in [1.82, 2.24) is 9.80 Å². The van der Waals surface area contributed by atoms with Crippen LogP contribution in [0.5, 0.6) is 0 Å². The fourth-order valence-corrected chi connectivity index (χ4v) is 5.37. The molecule has 2 aliphatic rings. The average molecular weight is 500 g/mol. The molecule has 7 heteroatoms. The highest BCUT2D eigenvalue weighted by atomic mass is 79.9. The molecule has 0 unspecified atom stereocenters. The molecule has 1 aromatic rings. The van der Waals surface area contributed by atoms with Gasteiger partial charge in [0.25, 0.3) is 0 Å². The number of nitrogens with zero attached hydrogens (tertiary/aromatic N) is 2.